The van der Waals surface area contributed by atoms with Crippen LogP contribution in [0.1, 0.15) is 24.1 Å². The van der Waals surface area contributed by atoms with Crippen molar-refractivity contribution in [2.75, 3.05) is 0 Å². The van der Waals surface area contributed by atoms with Gasteiger partial charge in [-0.05, 0) is 51.8 Å². The molecular formula is C13H10BrCl2N. The molecule has 2 aromatic rings. The summed E-state index contributed by atoms with van der Waals surface area (Å²) in [6.45, 7) is 2.08. The highest BCUT2D eigenvalue weighted by atomic mass is 79.9. The molecule has 0 radical (unpaired) electrons. The first kappa shape index (κ1) is 12.9. The van der Waals surface area contributed by atoms with Crippen LogP contribution in [0.5, 0.6) is 0 Å². The molecule has 2 rings (SSSR count). The minimum atomic E-state index is 0.166. The van der Waals surface area contributed by atoms with Gasteiger partial charge in [-0.15, -0.1) is 0 Å². The van der Waals surface area contributed by atoms with Crippen LogP contribution >= 0.6 is 39.1 Å². The molecule has 1 aromatic heterocycles. The molecule has 0 N–H and O–H groups in total. The van der Waals surface area contributed by atoms with Crippen molar-refractivity contribution < 1.29 is 0 Å². The van der Waals surface area contributed by atoms with Gasteiger partial charge in [0.1, 0.15) is 0 Å². The van der Waals surface area contributed by atoms with E-state index in [0.717, 1.165) is 15.7 Å². The Hall–Kier alpha value is -0.570. The van der Waals surface area contributed by atoms with Gasteiger partial charge in [-0.3, -0.25) is 4.98 Å². The quantitative estimate of drug-likeness (QED) is 0.727. The van der Waals surface area contributed by atoms with Crippen LogP contribution in [-0.4, -0.2) is 4.98 Å². The summed E-state index contributed by atoms with van der Waals surface area (Å²) >= 11 is 15.4. The topological polar surface area (TPSA) is 12.9 Å². The molecule has 17 heavy (non-hydrogen) atoms. The third-order valence-corrected chi connectivity index (χ3v) is 3.48. The van der Waals surface area contributed by atoms with Gasteiger partial charge in [0.2, 0.25) is 0 Å². The Balaban J connectivity index is 2.36. The van der Waals surface area contributed by atoms with E-state index in [0.29, 0.717) is 10.0 Å². The van der Waals surface area contributed by atoms with Crippen molar-refractivity contribution in [2.24, 2.45) is 0 Å². The molecule has 1 atom stereocenters. The van der Waals surface area contributed by atoms with Crippen molar-refractivity contribution in [1.29, 1.82) is 0 Å². The van der Waals surface area contributed by atoms with Gasteiger partial charge in [0.05, 0.1) is 0 Å². The van der Waals surface area contributed by atoms with Crippen molar-refractivity contribution in [3.63, 3.8) is 0 Å². The third-order valence-electron chi connectivity index (χ3n) is 2.58. The number of hydrogen-bond acceptors (Lipinski definition) is 1. The molecule has 0 amide bonds. The second-order valence-electron chi connectivity index (χ2n) is 3.83. The summed E-state index contributed by atoms with van der Waals surface area (Å²) in [7, 11) is 0. The third kappa shape index (κ3) is 3.21. The van der Waals surface area contributed by atoms with E-state index < -0.39 is 0 Å². The molecule has 1 unspecified atom stereocenters. The maximum atomic E-state index is 5.99. The van der Waals surface area contributed by atoms with E-state index in [2.05, 4.69) is 27.8 Å². The average molecular weight is 331 g/mol. The number of aromatic nitrogens is 1. The van der Waals surface area contributed by atoms with Crippen molar-refractivity contribution >= 4 is 39.1 Å². The molecule has 1 heterocycles. The summed E-state index contributed by atoms with van der Waals surface area (Å²) in [5.74, 6) is 0.166. The van der Waals surface area contributed by atoms with Crippen LogP contribution < -0.4 is 0 Å². The summed E-state index contributed by atoms with van der Waals surface area (Å²) in [5.41, 5.74) is 2.06. The molecule has 0 saturated heterocycles. The zero-order chi connectivity index (χ0) is 12.4. The number of benzene rings is 1. The summed E-state index contributed by atoms with van der Waals surface area (Å²) in [4.78, 5) is 4.38. The Kier molecular flexibility index (Phi) is 4.08. The fourth-order valence-electron chi connectivity index (χ4n) is 1.64. The number of nitrogens with zero attached hydrogens (tertiary/aromatic N) is 1. The highest BCUT2D eigenvalue weighted by Crippen LogP contribution is 2.28. The van der Waals surface area contributed by atoms with Gasteiger partial charge in [0.25, 0.3) is 0 Å². The molecule has 0 spiro atoms. The Morgan fingerprint density at radius 2 is 1.76 bits per heavy atom. The van der Waals surface area contributed by atoms with Gasteiger partial charge < -0.3 is 0 Å². The van der Waals surface area contributed by atoms with E-state index in [-0.39, 0.29) is 5.92 Å². The monoisotopic (exact) mass is 329 g/mol. The summed E-state index contributed by atoms with van der Waals surface area (Å²) in [6, 6.07) is 9.53. The minimum absolute atomic E-state index is 0.166. The average Bonchev–Trinajstić information content (AvgIpc) is 2.28. The SMILES string of the molecule is CC(c1cc(Cl)cc(Cl)c1)c1ccc(Br)cn1. The first-order chi connectivity index (χ1) is 8.06. The van der Waals surface area contributed by atoms with Crippen molar-refractivity contribution in [3.05, 3.63) is 62.3 Å². The van der Waals surface area contributed by atoms with Crippen LogP contribution in [0.3, 0.4) is 0 Å². The minimum Gasteiger partial charge on any atom is -0.259 e. The summed E-state index contributed by atoms with van der Waals surface area (Å²) < 4.78 is 0.970. The number of rotatable bonds is 2. The second kappa shape index (κ2) is 5.38. The van der Waals surface area contributed by atoms with E-state index in [1.807, 2.05) is 24.3 Å². The Morgan fingerprint density at radius 1 is 1.12 bits per heavy atom. The second-order valence-corrected chi connectivity index (χ2v) is 5.61. The van der Waals surface area contributed by atoms with Gasteiger partial charge in [0.15, 0.2) is 0 Å². The molecule has 88 valence electrons. The maximum absolute atomic E-state index is 5.99. The van der Waals surface area contributed by atoms with Crippen LogP contribution in [0.25, 0.3) is 0 Å². The molecule has 0 fully saturated rings. The highest BCUT2D eigenvalue weighted by molar-refractivity contribution is 9.10. The van der Waals surface area contributed by atoms with Gasteiger partial charge in [0, 0.05) is 32.3 Å². The standard InChI is InChI=1S/C13H10BrCl2N/c1-8(13-3-2-10(14)7-17-13)9-4-11(15)6-12(16)5-9/h2-8H,1H3. The molecule has 0 aliphatic carbocycles. The van der Waals surface area contributed by atoms with E-state index in [9.17, 15) is 0 Å². The van der Waals surface area contributed by atoms with E-state index >= 15 is 0 Å². The van der Waals surface area contributed by atoms with Crippen LogP contribution in [0.2, 0.25) is 10.0 Å². The predicted octanol–water partition coefficient (Wildman–Crippen LogP) is 5.30. The van der Waals surface area contributed by atoms with Gasteiger partial charge in [-0.25, -0.2) is 0 Å². The van der Waals surface area contributed by atoms with E-state index in [4.69, 9.17) is 23.2 Å². The smallest absolute Gasteiger partial charge is 0.0476 e. The molecule has 1 aromatic carbocycles. The van der Waals surface area contributed by atoms with Crippen LogP contribution in [0, 0.1) is 0 Å². The number of hydrogen-bond donors (Lipinski definition) is 0. The van der Waals surface area contributed by atoms with Crippen LogP contribution in [0.15, 0.2) is 41.0 Å². The Bertz CT molecular complexity index is 505. The number of pyridine rings is 1. The molecule has 1 nitrogen and oxygen atoms in total. The fraction of sp³-hybridized carbons (Fsp3) is 0.154. The maximum Gasteiger partial charge on any atom is 0.0476 e. The lowest BCUT2D eigenvalue weighted by Gasteiger charge is -2.12. The molecule has 0 aliphatic heterocycles. The Morgan fingerprint density at radius 3 is 2.29 bits per heavy atom. The first-order valence-electron chi connectivity index (χ1n) is 5.13. The normalized spacial score (nSPS) is 12.5. The van der Waals surface area contributed by atoms with Crippen LogP contribution in [0.4, 0.5) is 0 Å². The number of halogens is 3. The van der Waals surface area contributed by atoms with Crippen LogP contribution in [-0.2, 0) is 0 Å². The molecule has 0 aliphatic rings. The zero-order valence-electron chi connectivity index (χ0n) is 9.12. The zero-order valence-corrected chi connectivity index (χ0v) is 12.2. The molecular weight excluding hydrogens is 321 g/mol. The molecule has 4 heteroatoms. The first-order valence-corrected chi connectivity index (χ1v) is 6.68. The fourth-order valence-corrected chi connectivity index (χ4v) is 2.42. The van der Waals surface area contributed by atoms with Crippen molar-refractivity contribution in [2.45, 2.75) is 12.8 Å². The molecule has 0 bridgehead atoms. The summed E-state index contributed by atoms with van der Waals surface area (Å²) in [6.07, 6.45) is 1.79. The van der Waals surface area contributed by atoms with Gasteiger partial charge in [-0.2, -0.15) is 0 Å². The van der Waals surface area contributed by atoms with Gasteiger partial charge >= 0.3 is 0 Å². The van der Waals surface area contributed by atoms with E-state index in [1.54, 1.807) is 12.3 Å². The highest BCUT2D eigenvalue weighted by Gasteiger charge is 2.11. The lowest BCUT2D eigenvalue weighted by atomic mass is 9.97. The summed E-state index contributed by atoms with van der Waals surface area (Å²) in [5, 5.41) is 1.30. The van der Waals surface area contributed by atoms with E-state index in [1.165, 1.54) is 0 Å². The molecule has 0 saturated carbocycles. The predicted molar refractivity (Wildman–Crippen MR) is 75.9 cm³/mol. The van der Waals surface area contributed by atoms with Crippen molar-refractivity contribution in [3.8, 4) is 0 Å². The Labute approximate surface area is 119 Å². The van der Waals surface area contributed by atoms with Gasteiger partial charge in [-0.1, -0.05) is 30.1 Å². The lowest BCUT2D eigenvalue weighted by Crippen LogP contribution is -1.98. The lowest BCUT2D eigenvalue weighted by molar-refractivity contribution is 0.870. The largest absolute Gasteiger partial charge is 0.259 e. The van der Waals surface area contributed by atoms with Crippen molar-refractivity contribution in [1.82, 2.24) is 4.98 Å².